The number of rotatable bonds is 9. The smallest absolute Gasteiger partial charge is 0.331 e. The summed E-state index contributed by atoms with van der Waals surface area (Å²) >= 11 is 0. The Kier molecular flexibility index (Phi) is 8.14. The van der Waals surface area contributed by atoms with Crippen molar-refractivity contribution in [3.63, 3.8) is 0 Å². The minimum Gasteiger partial charge on any atom is -0.494 e. The van der Waals surface area contributed by atoms with Gasteiger partial charge in [-0.2, -0.15) is 0 Å². The van der Waals surface area contributed by atoms with Crippen molar-refractivity contribution in [3.8, 4) is 11.8 Å². The largest absolute Gasteiger partial charge is 0.494 e. The van der Waals surface area contributed by atoms with Crippen LogP contribution < -0.4 is 22.5 Å². The van der Waals surface area contributed by atoms with Crippen LogP contribution in [-0.2, 0) is 25.9 Å². The summed E-state index contributed by atoms with van der Waals surface area (Å²) in [7, 11) is 0. The first-order valence-corrected chi connectivity index (χ1v) is 13.2. The number of hydrogen-bond donors (Lipinski definition) is 4. The number of nitrogens with zero attached hydrogens (tertiary/aromatic N) is 3. The second kappa shape index (κ2) is 12.1. The number of halogens is 2. The summed E-state index contributed by atoms with van der Waals surface area (Å²) in [4.78, 5) is 60.5. The van der Waals surface area contributed by atoms with E-state index < -0.39 is 62.9 Å². The zero-order chi connectivity index (χ0) is 30.7. The van der Waals surface area contributed by atoms with Crippen LogP contribution in [0.25, 0.3) is 0 Å². The summed E-state index contributed by atoms with van der Waals surface area (Å²) in [5.41, 5.74) is -3.56. The Balaban J connectivity index is 1.64. The predicted octanol–water partition coefficient (Wildman–Crippen LogP) is 2.14. The molecule has 2 aromatic carbocycles. The van der Waals surface area contributed by atoms with Gasteiger partial charge in [-0.1, -0.05) is 30.3 Å². The Labute approximate surface area is 241 Å². The molecule has 0 fully saturated rings. The van der Waals surface area contributed by atoms with Crippen molar-refractivity contribution in [1.29, 1.82) is 0 Å². The number of aromatic nitrogens is 5. The van der Waals surface area contributed by atoms with Crippen molar-refractivity contribution in [2.24, 2.45) is 0 Å². The average Bonchev–Trinajstić information content (AvgIpc) is 2.98. The summed E-state index contributed by atoms with van der Waals surface area (Å²) in [6, 6.07) is 15.6. The van der Waals surface area contributed by atoms with Gasteiger partial charge in [-0.05, 0) is 60.4 Å². The lowest BCUT2D eigenvalue weighted by atomic mass is 9.90. The van der Waals surface area contributed by atoms with Crippen LogP contribution in [0.4, 0.5) is 8.78 Å². The van der Waals surface area contributed by atoms with E-state index in [0.717, 1.165) is 9.13 Å². The van der Waals surface area contributed by atoms with Crippen LogP contribution in [0, 0.1) is 11.6 Å². The molecule has 0 amide bonds. The van der Waals surface area contributed by atoms with Crippen LogP contribution in [0.3, 0.4) is 0 Å². The third-order valence-electron chi connectivity index (χ3n) is 7.05. The molecule has 13 heteroatoms. The van der Waals surface area contributed by atoms with E-state index in [9.17, 15) is 38.2 Å². The SMILES string of the molecule is O=c1[nH]c(=O)n(CCc2ccc(F)cc2)c(O)c1C(c1ccccn1)c1c(O)n(CCc2ccc(F)cc2)c(=O)[nH]c1=O. The molecule has 0 saturated carbocycles. The monoisotopic (exact) mass is 589 g/mol. The molecule has 0 radical (unpaired) electrons. The average molecular weight is 590 g/mol. The molecule has 0 spiro atoms. The Morgan fingerprint density at radius 1 is 0.674 bits per heavy atom. The molecule has 3 aromatic heterocycles. The molecule has 220 valence electrons. The minimum absolute atomic E-state index is 0.0524. The molecule has 0 aliphatic heterocycles. The maximum atomic E-state index is 13.3. The van der Waals surface area contributed by atoms with Gasteiger partial charge in [0.25, 0.3) is 11.1 Å². The van der Waals surface area contributed by atoms with Crippen LogP contribution in [0.1, 0.15) is 33.9 Å². The molecule has 11 nitrogen and oxygen atoms in total. The lowest BCUT2D eigenvalue weighted by molar-refractivity contribution is 0.381. The van der Waals surface area contributed by atoms with E-state index in [1.807, 2.05) is 0 Å². The fourth-order valence-electron chi connectivity index (χ4n) is 4.86. The maximum absolute atomic E-state index is 13.3. The van der Waals surface area contributed by atoms with Crippen molar-refractivity contribution in [2.45, 2.75) is 31.8 Å². The highest BCUT2D eigenvalue weighted by Gasteiger charge is 2.33. The van der Waals surface area contributed by atoms with Gasteiger partial charge >= 0.3 is 11.4 Å². The number of aromatic hydroxyl groups is 2. The van der Waals surface area contributed by atoms with Gasteiger partial charge in [0.15, 0.2) is 0 Å². The topological polar surface area (TPSA) is 163 Å². The molecule has 43 heavy (non-hydrogen) atoms. The van der Waals surface area contributed by atoms with E-state index in [0.29, 0.717) is 11.1 Å². The van der Waals surface area contributed by atoms with E-state index in [-0.39, 0.29) is 31.6 Å². The number of hydrogen-bond acceptors (Lipinski definition) is 7. The van der Waals surface area contributed by atoms with Gasteiger partial charge < -0.3 is 10.2 Å². The van der Waals surface area contributed by atoms with Gasteiger partial charge in [0, 0.05) is 19.3 Å². The summed E-state index contributed by atoms with van der Waals surface area (Å²) in [6.07, 6.45) is 1.72. The first-order valence-electron chi connectivity index (χ1n) is 13.2. The molecule has 0 bridgehead atoms. The van der Waals surface area contributed by atoms with Crippen LogP contribution in [0.2, 0.25) is 0 Å². The number of aromatic amines is 2. The molecular weight excluding hydrogens is 564 g/mol. The standard InChI is InChI=1S/C30H25F2N5O6/c31-19-8-4-17(5-9-19)12-15-36-27(40)23(25(38)34-29(36)42)22(21-3-1-2-14-33-21)24-26(39)35-30(43)37(28(24)41)16-13-18-6-10-20(32)11-7-18/h1-11,14,22,40-41H,12-13,15-16H2,(H,34,38,42)(H,35,39,43). The quantitative estimate of drug-likeness (QED) is 0.205. The highest BCUT2D eigenvalue weighted by molar-refractivity contribution is 5.46. The highest BCUT2D eigenvalue weighted by atomic mass is 19.1. The second-order valence-electron chi connectivity index (χ2n) is 9.74. The zero-order valence-electron chi connectivity index (χ0n) is 22.5. The van der Waals surface area contributed by atoms with Gasteiger partial charge in [-0.15, -0.1) is 0 Å². The third kappa shape index (κ3) is 6.05. The molecule has 0 aliphatic carbocycles. The normalized spacial score (nSPS) is 11.2. The molecular formula is C30H25F2N5O6. The van der Waals surface area contributed by atoms with Gasteiger partial charge in [-0.25, -0.2) is 18.4 Å². The third-order valence-corrected chi connectivity index (χ3v) is 7.05. The van der Waals surface area contributed by atoms with Crippen LogP contribution in [-0.4, -0.2) is 34.3 Å². The molecule has 0 atom stereocenters. The van der Waals surface area contributed by atoms with Crippen molar-refractivity contribution in [1.82, 2.24) is 24.1 Å². The number of aryl methyl sites for hydroxylation is 2. The number of pyridine rings is 1. The van der Waals surface area contributed by atoms with Crippen LogP contribution in [0.5, 0.6) is 11.8 Å². The molecule has 5 aromatic rings. The van der Waals surface area contributed by atoms with Crippen molar-refractivity contribution in [2.75, 3.05) is 0 Å². The van der Waals surface area contributed by atoms with E-state index in [1.54, 1.807) is 12.1 Å². The lowest BCUT2D eigenvalue weighted by Gasteiger charge is -2.21. The Morgan fingerprint density at radius 3 is 1.51 bits per heavy atom. The first kappa shape index (κ1) is 28.9. The molecule has 4 N–H and O–H groups in total. The maximum Gasteiger partial charge on any atom is 0.331 e. The van der Waals surface area contributed by atoms with E-state index >= 15 is 0 Å². The summed E-state index contributed by atoms with van der Waals surface area (Å²) in [6.45, 7) is -0.261. The van der Waals surface area contributed by atoms with Crippen molar-refractivity contribution >= 4 is 0 Å². The van der Waals surface area contributed by atoms with E-state index in [4.69, 9.17) is 0 Å². The van der Waals surface area contributed by atoms with Crippen molar-refractivity contribution in [3.05, 3.63) is 154 Å². The molecule has 0 unspecified atom stereocenters. The first-order chi connectivity index (χ1) is 20.6. The Bertz CT molecular complexity index is 1870. The van der Waals surface area contributed by atoms with Gasteiger partial charge in [0.05, 0.1) is 22.7 Å². The summed E-state index contributed by atoms with van der Waals surface area (Å²) < 4.78 is 28.4. The summed E-state index contributed by atoms with van der Waals surface area (Å²) in [5, 5.41) is 22.6. The lowest BCUT2D eigenvalue weighted by Crippen LogP contribution is -2.37. The van der Waals surface area contributed by atoms with Gasteiger partial charge in [0.2, 0.25) is 11.8 Å². The Morgan fingerprint density at radius 2 is 1.12 bits per heavy atom. The zero-order valence-corrected chi connectivity index (χ0v) is 22.5. The van der Waals surface area contributed by atoms with Gasteiger partial charge in [0.1, 0.15) is 11.6 Å². The summed E-state index contributed by atoms with van der Waals surface area (Å²) in [5.74, 6) is -3.98. The molecule has 0 aliphatic rings. The number of benzene rings is 2. The van der Waals surface area contributed by atoms with Crippen LogP contribution >= 0.6 is 0 Å². The second-order valence-corrected chi connectivity index (χ2v) is 9.74. The fourth-order valence-corrected chi connectivity index (χ4v) is 4.86. The fraction of sp³-hybridized carbons (Fsp3) is 0.167. The van der Waals surface area contributed by atoms with E-state index in [2.05, 4.69) is 15.0 Å². The minimum atomic E-state index is -1.52. The Hall–Kier alpha value is -5.59. The molecule has 0 saturated heterocycles. The molecule has 3 heterocycles. The van der Waals surface area contributed by atoms with Gasteiger partial charge in [-0.3, -0.25) is 33.7 Å². The number of nitrogens with one attached hydrogen (secondary N) is 2. The number of H-pyrrole nitrogens is 2. The molecule has 5 rings (SSSR count). The highest BCUT2D eigenvalue weighted by Crippen LogP contribution is 2.35. The van der Waals surface area contributed by atoms with Crippen LogP contribution in [0.15, 0.2) is 92.1 Å². The predicted molar refractivity (Wildman–Crippen MR) is 151 cm³/mol. The van der Waals surface area contributed by atoms with E-state index in [1.165, 1.54) is 60.8 Å². The van der Waals surface area contributed by atoms with Crippen molar-refractivity contribution < 1.29 is 19.0 Å².